The highest BCUT2D eigenvalue weighted by Crippen LogP contribution is 2.13. The molecule has 0 fully saturated rings. The molecule has 2 amide bonds. The van der Waals surface area contributed by atoms with E-state index in [4.69, 9.17) is 0 Å². The van der Waals surface area contributed by atoms with Crippen LogP contribution in [0.1, 0.15) is 33.5 Å². The van der Waals surface area contributed by atoms with Crippen LogP contribution in [0.15, 0.2) is 47.4 Å². The van der Waals surface area contributed by atoms with Crippen LogP contribution >= 0.6 is 0 Å². The Morgan fingerprint density at radius 1 is 0.885 bits per heavy atom. The van der Waals surface area contributed by atoms with Gasteiger partial charge < -0.3 is 0 Å². The summed E-state index contributed by atoms with van der Waals surface area (Å²) in [6.07, 6.45) is -0.247. The number of hydrogen-bond acceptors (Lipinski definition) is 4. The summed E-state index contributed by atoms with van der Waals surface area (Å²) in [5.74, 6) is -1.35. The number of carbonyl (C=O) groups is 2. The van der Waals surface area contributed by atoms with E-state index in [1.807, 2.05) is 19.9 Å². The van der Waals surface area contributed by atoms with E-state index >= 15 is 0 Å². The smallest absolute Gasteiger partial charge is 0.269 e. The van der Waals surface area contributed by atoms with Crippen molar-refractivity contribution < 1.29 is 18.0 Å². The first-order valence-corrected chi connectivity index (χ1v) is 9.80. The highest BCUT2D eigenvalue weighted by Gasteiger charge is 2.17. The van der Waals surface area contributed by atoms with Crippen LogP contribution in [0.2, 0.25) is 0 Å². The Kier molecular flexibility index (Phi) is 6.15. The molecule has 0 aromatic heterocycles. The lowest BCUT2D eigenvalue weighted by Crippen LogP contribution is -2.42. The third-order valence-electron chi connectivity index (χ3n) is 3.92. The van der Waals surface area contributed by atoms with Crippen LogP contribution in [-0.2, 0) is 14.6 Å². The molecule has 26 heavy (non-hydrogen) atoms. The second-order valence-electron chi connectivity index (χ2n) is 6.20. The van der Waals surface area contributed by atoms with E-state index < -0.39 is 21.7 Å². The van der Waals surface area contributed by atoms with Crippen molar-refractivity contribution in [3.8, 4) is 0 Å². The first-order valence-electron chi connectivity index (χ1n) is 8.15. The van der Waals surface area contributed by atoms with Gasteiger partial charge in [-0.05, 0) is 44.5 Å². The number of amides is 2. The van der Waals surface area contributed by atoms with Crippen LogP contribution in [0, 0.1) is 20.8 Å². The van der Waals surface area contributed by atoms with Crippen LogP contribution in [-0.4, -0.2) is 26.0 Å². The minimum absolute atomic E-state index is 0.176. The van der Waals surface area contributed by atoms with Crippen molar-refractivity contribution in [2.75, 3.05) is 5.75 Å². The Morgan fingerprint density at radius 3 is 2.12 bits per heavy atom. The molecule has 0 bridgehead atoms. The minimum Gasteiger partial charge on any atom is -0.273 e. The van der Waals surface area contributed by atoms with Gasteiger partial charge in [0.15, 0.2) is 9.84 Å². The maximum atomic E-state index is 12.2. The molecular weight excluding hydrogens is 352 g/mol. The standard InChI is InChI=1S/C19H22N2O4S/c1-13-4-7-16(8-5-13)26(24,25)11-10-18(22)20-21-19(23)17-9-6-14(2)12-15(17)3/h4-9,12H,10-11H2,1-3H3,(H,20,22)(H,21,23). The Bertz CT molecular complexity index is 919. The summed E-state index contributed by atoms with van der Waals surface area (Å²) < 4.78 is 24.4. The lowest BCUT2D eigenvalue weighted by atomic mass is 10.1. The quantitative estimate of drug-likeness (QED) is 0.785. The lowest BCUT2D eigenvalue weighted by Gasteiger charge is -2.10. The monoisotopic (exact) mass is 374 g/mol. The SMILES string of the molecule is Cc1ccc(S(=O)(=O)CCC(=O)NNC(=O)c2ccc(C)cc2C)cc1. The van der Waals surface area contributed by atoms with Gasteiger partial charge in [-0.2, -0.15) is 0 Å². The van der Waals surface area contributed by atoms with Gasteiger partial charge in [-0.3, -0.25) is 20.4 Å². The molecule has 0 unspecified atom stereocenters. The fourth-order valence-electron chi connectivity index (χ4n) is 2.42. The molecule has 2 aromatic carbocycles. The van der Waals surface area contributed by atoms with Crippen LogP contribution in [0.3, 0.4) is 0 Å². The van der Waals surface area contributed by atoms with Crippen LogP contribution in [0.4, 0.5) is 0 Å². The molecule has 0 radical (unpaired) electrons. The fourth-order valence-corrected chi connectivity index (χ4v) is 3.66. The number of carbonyl (C=O) groups excluding carboxylic acids is 2. The Morgan fingerprint density at radius 2 is 1.50 bits per heavy atom. The number of hydrazine groups is 1. The highest BCUT2D eigenvalue weighted by molar-refractivity contribution is 7.91. The number of hydrogen-bond donors (Lipinski definition) is 2. The molecule has 2 aromatic rings. The van der Waals surface area contributed by atoms with E-state index in [9.17, 15) is 18.0 Å². The van der Waals surface area contributed by atoms with E-state index in [0.717, 1.165) is 16.7 Å². The molecule has 0 aliphatic rings. The molecule has 7 heteroatoms. The largest absolute Gasteiger partial charge is 0.273 e. The molecule has 2 N–H and O–H groups in total. The molecule has 0 saturated heterocycles. The number of sulfone groups is 1. The molecule has 2 rings (SSSR count). The van der Waals surface area contributed by atoms with Crippen LogP contribution in [0.25, 0.3) is 0 Å². The second-order valence-corrected chi connectivity index (χ2v) is 8.31. The first-order chi connectivity index (χ1) is 12.2. The number of benzene rings is 2. The van der Waals surface area contributed by atoms with Crippen molar-refractivity contribution >= 4 is 21.7 Å². The van der Waals surface area contributed by atoms with E-state index in [1.165, 1.54) is 12.1 Å². The van der Waals surface area contributed by atoms with Crippen molar-refractivity contribution in [2.24, 2.45) is 0 Å². The van der Waals surface area contributed by atoms with Gasteiger partial charge >= 0.3 is 0 Å². The van der Waals surface area contributed by atoms with E-state index in [1.54, 1.807) is 31.2 Å². The lowest BCUT2D eigenvalue weighted by molar-refractivity contribution is -0.121. The molecule has 138 valence electrons. The molecule has 0 aliphatic carbocycles. The topological polar surface area (TPSA) is 92.3 Å². The number of aryl methyl sites for hydroxylation is 3. The zero-order chi connectivity index (χ0) is 19.3. The van der Waals surface area contributed by atoms with E-state index in [0.29, 0.717) is 5.56 Å². The summed E-state index contributed by atoms with van der Waals surface area (Å²) in [5, 5.41) is 0. The molecule has 6 nitrogen and oxygen atoms in total. The van der Waals surface area contributed by atoms with Crippen LogP contribution in [0.5, 0.6) is 0 Å². The highest BCUT2D eigenvalue weighted by atomic mass is 32.2. The zero-order valence-electron chi connectivity index (χ0n) is 15.0. The van der Waals surface area contributed by atoms with Gasteiger partial charge in [0.2, 0.25) is 5.91 Å². The van der Waals surface area contributed by atoms with Gasteiger partial charge in [0.1, 0.15) is 0 Å². The average molecular weight is 374 g/mol. The van der Waals surface area contributed by atoms with Crippen molar-refractivity contribution in [3.05, 3.63) is 64.7 Å². The molecule has 0 saturated carbocycles. The Hall–Kier alpha value is -2.67. The fraction of sp³-hybridized carbons (Fsp3) is 0.263. The van der Waals surface area contributed by atoms with E-state index in [-0.39, 0.29) is 17.1 Å². The van der Waals surface area contributed by atoms with E-state index in [2.05, 4.69) is 10.9 Å². The molecular formula is C19H22N2O4S. The average Bonchev–Trinajstić information content (AvgIpc) is 2.58. The van der Waals surface area contributed by atoms with Gasteiger partial charge in [-0.15, -0.1) is 0 Å². The first kappa shape index (κ1) is 19.7. The molecule has 0 atom stereocenters. The van der Waals surface area contributed by atoms with Crippen molar-refractivity contribution in [1.82, 2.24) is 10.9 Å². The van der Waals surface area contributed by atoms with Gasteiger partial charge in [0, 0.05) is 12.0 Å². The van der Waals surface area contributed by atoms with Crippen LogP contribution < -0.4 is 10.9 Å². The maximum Gasteiger partial charge on any atom is 0.269 e. The van der Waals surface area contributed by atoms with Gasteiger partial charge in [0.05, 0.1) is 10.6 Å². The minimum atomic E-state index is -3.55. The van der Waals surface area contributed by atoms with Gasteiger partial charge in [0.25, 0.3) is 5.91 Å². The maximum absolute atomic E-state index is 12.2. The molecule has 0 heterocycles. The predicted molar refractivity (Wildman–Crippen MR) is 99.4 cm³/mol. The molecule has 0 spiro atoms. The normalized spacial score (nSPS) is 11.0. The third-order valence-corrected chi connectivity index (χ3v) is 5.65. The second kappa shape index (κ2) is 8.14. The number of rotatable bonds is 5. The summed E-state index contributed by atoms with van der Waals surface area (Å²) in [6.45, 7) is 5.59. The Balaban J connectivity index is 1.88. The predicted octanol–water partition coefficient (Wildman–Crippen LogP) is 2.24. The summed E-state index contributed by atoms with van der Waals surface area (Å²) in [4.78, 5) is 24.1. The van der Waals surface area contributed by atoms with Crippen molar-refractivity contribution in [2.45, 2.75) is 32.1 Å². The summed E-state index contributed by atoms with van der Waals surface area (Å²) >= 11 is 0. The zero-order valence-corrected chi connectivity index (χ0v) is 15.8. The molecule has 0 aliphatic heterocycles. The third kappa shape index (κ3) is 5.16. The van der Waals surface area contributed by atoms with Crippen molar-refractivity contribution in [1.29, 1.82) is 0 Å². The summed E-state index contributed by atoms with van der Waals surface area (Å²) in [5.41, 5.74) is 7.79. The summed E-state index contributed by atoms with van der Waals surface area (Å²) in [7, 11) is -3.55. The van der Waals surface area contributed by atoms with Gasteiger partial charge in [-0.25, -0.2) is 8.42 Å². The Labute approximate surface area is 153 Å². The van der Waals surface area contributed by atoms with Gasteiger partial charge in [-0.1, -0.05) is 35.4 Å². The number of nitrogens with one attached hydrogen (secondary N) is 2. The van der Waals surface area contributed by atoms with Crippen molar-refractivity contribution in [3.63, 3.8) is 0 Å². The summed E-state index contributed by atoms with van der Waals surface area (Å²) in [6, 6.07) is 11.8.